The van der Waals surface area contributed by atoms with E-state index in [4.69, 9.17) is 27.2 Å². The zero-order valence-corrected chi connectivity index (χ0v) is 42.3. The Balaban J connectivity index is 0.000000202. The third-order valence-electron chi connectivity index (χ3n) is 13.6. The minimum absolute atomic E-state index is 0.0652. The van der Waals surface area contributed by atoms with Crippen LogP contribution in [0.25, 0.3) is 0 Å². The van der Waals surface area contributed by atoms with Gasteiger partial charge in [0.15, 0.2) is 0 Å². The standard InChI is InChI=1S/C29H27ClN6O3.C28H27N5O4/c30-24-7-5-22(29(39)35-12-9-21(10-13-35)20-3-1-19(16-31)2-4-20)15-25(24)34-28(38)23-6-8-26(33-17-23)36-14-11-32-27(37)18-36;1-18-2-5-22(14-24(18)32-27(36)23-8-9-25(30-16-23)31-17-26(34)35)28(37)33-12-10-21(11-13-33)20-6-3-19(15-29)4-7-20/h1-8,15,17,21H,9-14,18H2,(H,32,37)(H,34,38);2-9,14,16,21H,10-13,17H2,1H3,(H,30,31)(H,32,36)(H,34,35). The van der Waals surface area contributed by atoms with Gasteiger partial charge in [0.05, 0.1) is 51.6 Å². The molecule has 0 spiro atoms. The summed E-state index contributed by atoms with van der Waals surface area (Å²) in [5, 5.41) is 38.1. The molecule has 76 heavy (non-hydrogen) atoms. The number of nitrogens with one attached hydrogen (secondary N) is 4. The number of benzene rings is 4. The van der Waals surface area contributed by atoms with E-state index in [0.29, 0.717) is 113 Å². The second-order valence-corrected chi connectivity index (χ2v) is 19.0. The summed E-state index contributed by atoms with van der Waals surface area (Å²) in [5.74, 6) is -0.387. The number of amides is 5. The van der Waals surface area contributed by atoms with E-state index in [2.05, 4.69) is 43.4 Å². The van der Waals surface area contributed by atoms with Crippen LogP contribution in [-0.2, 0) is 9.59 Å². The number of nitrogens with zero attached hydrogens (tertiary/aromatic N) is 7. The monoisotopic (exact) mass is 1040 g/mol. The van der Waals surface area contributed by atoms with Gasteiger partial charge < -0.3 is 41.1 Å². The van der Waals surface area contributed by atoms with Gasteiger partial charge in [-0.3, -0.25) is 28.8 Å². The van der Waals surface area contributed by atoms with Crippen LogP contribution in [0.3, 0.4) is 0 Å². The normalized spacial score (nSPS) is 14.7. The van der Waals surface area contributed by atoms with Crippen LogP contribution in [0.4, 0.5) is 23.0 Å². The Bertz CT molecular complexity index is 3200. The largest absolute Gasteiger partial charge is 0.480 e. The van der Waals surface area contributed by atoms with Gasteiger partial charge in [-0.1, -0.05) is 41.9 Å². The molecule has 0 saturated carbocycles. The van der Waals surface area contributed by atoms with Crippen molar-refractivity contribution in [2.75, 3.05) is 73.2 Å². The zero-order valence-electron chi connectivity index (χ0n) is 41.6. The molecule has 3 aliphatic heterocycles. The molecule has 3 saturated heterocycles. The zero-order chi connectivity index (χ0) is 53.7. The number of carbonyl (C=O) groups excluding carboxylic acids is 5. The maximum atomic E-state index is 13.2. The Labute approximate surface area is 444 Å². The van der Waals surface area contributed by atoms with Crippen molar-refractivity contribution in [3.8, 4) is 12.1 Å². The summed E-state index contributed by atoms with van der Waals surface area (Å²) in [6.45, 7) is 5.49. The molecular weight excluding hydrogens is 986 g/mol. The van der Waals surface area contributed by atoms with Crippen molar-refractivity contribution in [1.29, 1.82) is 10.5 Å². The smallest absolute Gasteiger partial charge is 0.322 e. The van der Waals surface area contributed by atoms with E-state index in [1.807, 2.05) is 76.2 Å². The van der Waals surface area contributed by atoms with Crippen molar-refractivity contribution in [1.82, 2.24) is 25.1 Å². The molecule has 5 N–H and O–H groups in total. The molecule has 0 unspecified atom stereocenters. The third kappa shape index (κ3) is 13.5. The summed E-state index contributed by atoms with van der Waals surface area (Å²) in [5.41, 5.74) is 6.93. The third-order valence-corrected chi connectivity index (χ3v) is 13.9. The second-order valence-electron chi connectivity index (χ2n) is 18.6. The van der Waals surface area contributed by atoms with Crippen LogP contribution in [-0.4, -0.2) is 113 Å². The number of piperidine rings is 2. The van der Waals surface area contributed by atoms with E-state index in [-0.39, 0.29) is 36.7 Å². The lowest BCUT2D eigenvalue weighted by Crippen LogP contribution is -2.48. The van der Waals surface area contributed by atoms with E-state index >= 15 is 0 Å². The van der Waals surface area contributed by atoms with Crippen LogP contribution in [0.15, 0.2) is 122 Å². The highest BCUT2D eigenvalue weighted by molar-refractivity contribution is 6.34. The van der Waals surface area contributed by atoms with Crippen LogP contribution < -0.4 is 26.2 Å². The number of carboxylic acids is 1. The summed E-state index contributed by atoms with van der Waals surface area (Å²) in [6, 6.07) is 36.1. The van der Waals surface area contributed by atoms with Gasteiger partial charge in [-0.25, -0.2) is 9.97 Å². The maximum absolute atomic E-state index is 13.2. The van der Waals surface area contributed by atoms with Crippen LogP contribution in [0.5, 0.6) is 0 Å². The lowest BCUT2D eigenvalue weighted by molar-refractivity contribution is -0.135. The number of likely N-dealkylation sites (tertiary alicyclic amines) is 2. The SMILES string of the molecule is Cc1ccc(C(=O)N2CCC(c3ccc(C#N)cc3)CC2)cc1NC(=O)c1ccc(NCC(=O)O)nc1.N#Cc1ccc(C2CCN(C(=O)c3ccc(Cl)c(NC(=O)c4ccc(N5CCNC(=O)C5)nc4)c3)CC2)cc1. The second kappa shape index (κ2) is 24.7. The van der Waals surface area contributed by atoms with Crippen molar-refractivity contribution in [2.24, 2.45) is 0 Å². The predicted octanol–water partition coefficient (Wildman–Crippen LogP) is 7.85. The van der Waals surface area contributed by atoms with Crippen molar-refractivity contribution in [3.05, 3.63) is 177 Å². The molecule has 0 radical (unpaired) electrons. The molecule has 5 heterocycles. The first kappa shape index (κ1) is 53.2. The number of aromatic nitrogens is 2. The number of hydrogen-bond donors (Lipinski definition) is 5. The number of piperazine rings is 1. The summed E-state index contributed by atoms with van der Waals surface area (Å²) >= 11 is 6.35. The highest BCUT2D eigenvalue weighted by atomic mass is 35.5. The summed E-state index contributed by atoms with van der Waals surface area (Å²) in [4.78, 5) is 88.3. The highest BCUT2D eigenvalue weighted by Crippen LogP contribution is 2.32. The molecule has 0 aliphatic carbocycles. The lowest BCUT2D eigenvalue weighted by atomic mass is 9.89. The number of aryl methyl sites for hydroxylation is 1. The van der Waals surface area contributed by atoms with Crippen LogP contribution >= 0.6 is 11.6 Å². The molecule has 0 atom stereocenters. The first-order valence-electron chi connectivity index (χ1n) is 24.8. The molecule has 3 aliphatic rings. The van der Waals surface area contributed by atoms with Crippen LogP contribution in [0, 0.1) is 29.6 Å². The van der Waals surface area contributed by atoms with Crippen molar-refractivity contribution in [2.45, 2.75) is 44.4 Å². The molecule has 0 bridgehead atoms. The number of nitriles is 2. The molecule has 2 aromatic heterocycles. The minimum Gasteiger partial charge on any atom is -0.480 e. The van der Waals surface area contributed by atoms with Gasteiger partial charge in [0.2, 0.25) is 5.91 Å². The van der Waals surface area contributed by atoms with Gasteiger partial charge in [-0.05, 0) is 140 Å². The minimum atomic E-state index is -1.01. The fraction of sp³-hybridized carbons (Fsp3) is 0.263. The molecule has 3 fully saturated rings. The summed E-state index contributed by atoms with van der Waals surface area (Å²) in [7, 11) is 0. The highest BCUT2D eigenvalue weighted by Gasteiger charge is 2.27. The Morgan fingerprint density at radius 2 is 1.16 bits per heavy atom. The molecule has 6 aromatic rings. The summed E-state index contributed by atoms with van der Waals surface area (Å²) < 4.78 is 0. The first-order valence-corrected chi connectivity index (χ1v) is 25.1. The van der Waals surface area contributed by atoms with E-state index < -0.39 is 11.9 Å². The average molecular weight is 1040 g/mol. The van der Waals surface area contributed by atoms with E-state index in [0.717, 1.165) is 31.2 Å². The molecular formula is C57H54ClN11O7. The number of aliphatic carboxylic acids is 1. The number of hydrogen-bond acceptors (Lipinski definition) is 12. The molecule has 386 valence electrons. The van der Waals surface area contributed by atoms with Gasteiger partial charge in [-0.15, -0.1) is 0 Å². The number of anilines is 4. The Kier molecular flexibility index (Phi) is 17.3. The number of carbonyl (C=O) groups is 6. The fourth-order valence-corrected chi connectivity index (χ4v) is 9.39. The first-order chi connectivity index (χ1) is 36.7. The maximum Gasteiger partial charge on any atom is 0.322 e. The molecule has 18 nitrogen and oxygen atoms in total. The fourth-order valence-electron chi connectivity index (χ4n) is 9.23. The molecule has 9 rings (SSSR count). The van der Waals surface area contributed by atoms with Crippen LogP contribution in [0.1, 0.15) is 107 Å². The number of halogens is 1. The van der Waals surface area contributed by atoms with E-state index in [9.17, 15) is 28.8 Å². The van der Waals surface area contributed by atoms with Gasteiger partial charge in [0.25, 0.3) is 23.6 Å². The lowest BCUT2D eigenvalue weighted by Gasteiger charge is -2.32. The average Bonchev–Trinajstić information content (AvgIpc) is 3.46. The van der Waals surface area contributed by atoms with Gasteiger partial charge in [-0.2, -0.15) is 10.5 Å². The Morgan fingerprint density at radius 3 is 1.64 bits per heavy atom. The topological polar surface area (TPSA) is 254 Å². The van der Waals surface area contributed by atoms with Crippen LogP contribution in [0.2, 0.25) is 5.02 Å². The number of rotatable bonds is 12. The molecule has 4 aromatic carbocycles. The number of carboxylic acid groups (broad SMARTS) is 1. The molecule has 5 amide bonds. The van der Waals surface area contributed by atoms with E-state index in [1.165, 1.54) is 29.6 Å². The summed E-state index contributed by atoms with van der Waals surface area (Å²) in [6.07, 6.45) is 6.18. The van der Waals surface area contributed by atoms with Gasteiger partial charge >= 0.3 is 5.97 Å². The van der Waals surface area contributed by atoms with Gasteiger partial charge in [0, 0.05) is 68.5 Å². The Morgan fingerprint density at radius 1 is 0.658 bits per heavy atom. The van der Waals surface area contributed by atoms with Crippen molar-refractivity contribution >= 4 is 70.1 Å². The Hall–Kier alpha value is -9.13. The molecule has 19 heteroatoms. The van der Waals surface area contributed by atoms with E-state index in [1.54, 1.807) is 48.5 Å². The predicted molar refractivity (Wildman–Crippen MR) is 286 cm³/mol. The van der Waals surface area contributed by atoms with Crippen molar-refractivity contribution < 1.29 is 33.9 Å². The quantitative estimate of drug-likeness (QED) is 0.0784. The number of pyridine rings is 2. The van der Waals surface area contributed by atoms with Crippen molar-refractivity contribution in [3.63, 3.8) is 0 Å². The van der Waals surface area contributed by atoms with Gasteiger partial charge in [0.1, 0.15) is 18.2 Å².